The van der Waals surface area contributed by atoms with E-state index >= 15 is 0 Å². The summed E-state index contributed by atoms with van der Waals surface area (Å²) in [5, 5.41) is 13.7. The van der Waals surface area contributed by atoms with Crippen molar-refractivity contribution in [3.05, 3.63) is 100.0 Å². The van der Waals surface area contributed by atoms with Crippen molar-refractivity contribution in [1.82, 2.24) is 4.57 Å². The van der Waals surface area contributed by atoms with Gasteiger partial charge in [-0.3, -0.25) is 9.59 Å². The number of aliphatic hydroxyl groups excluding tert-OH is 1. The predicted octanol–water partition coefficient (Wildman–Crippen LogP) is 4.67. The molecule has 5 nitrogen and oxygen atoms in total. The molecule has 3 aromatic rings. The summed E-state index contributed by atoms with van der Waals surface area (Å²) in [7, 11) is 0. The molecule has 5 heteroatoms. The van der Waals surface area contributed by atoms with Gasteiger partial charge in [-0.25, -0.2) is 0 Å². The molecule has 0 radical (unpaired) electrons. The number of carbonyl (C=O) groups excluding carboxylic acids is 1. The van der Waals surface area contributed by atoms with Crippen molar-refractivity contribution in [2.75, 3.05) is 5.32 Å². The van der Waals surface area contributed by atoms with Gasteiger partial charge in [-0.1, -0.05) is 48.5 Å². The summed E-state index contributed by atoms with van der Waals surface area (Å²) in [6, 6.07) is 22.7. The van der Waals surface area contributed by atoms with Gasteiger partial charge in [0.1, 0.15) is 6.04 Å². The van der Waals surface area contributed by atoms with Crippen LogP contribution in [0, 0.1) is 11.8 Å². The summed E-state index contributed by atoms with van der Waals surface area (Å²) in [5.41, 5.74) is 3.81. The highest BCUT2D eigenvalue weighted by Crippen LogP contribution is 2.40. The highest BCUT2D eigenvalue weighted by molar-refractivity contribution is 5.94. The van der Waals surface area contributed by atoms with Gasteiger partial charge < -0.3 is 15.0 Å². The van der Waals surface area contributed by atoms with E-state index in [9.17, 15) is 14.7 Å². The number of carbonyl (C=O) groups is 1. The monoisotopic (exact) mass is 442 g/mol. The van der Waals surface area contributed by atoms with E-state index < -0.39 is 6.04 Å². The molecule has 1 aromatic heterocycles. The molecule has 0 bridgehead atoms. The van der Waals surface area contributed by atoms with E-state index in [-0.39, 0.29) is 17.6 Å². The number of amides is 1. The smallest absolute Gasteiger partial charge is 0.251 e. The number of rotatable bonds is 6. The van der Waals surface area contributed by atoms with Crippen LogP contribution in [0.4, 0.5) is 5.69 Å². The lowest BCUT2D eigenvalue weighted by Gasteiger charge is -2.19. The van der Waals surface area contributed by atoms with Crippen LogP contribution < -0.4 is 10.9 Å². The molecular weight excluding hydrogens is 412 g/mol. The van der Waals surface area contributed by atoms with Crippen LogP contribution in [0.25, 0.3) is 0 Å². The molecule has 1 aliphatic carbocycles. The second-order valence-electron chi connectivity index (χ2n) is 9.46. The molecule has 2 N–H and O–H groups in total. The van der Waals surface area contributed by atoms with Gasteiger partial charge in [-0.15, -0.1) is 0 Å². The number of fused-ring (bicyclic) bond motifs is 1. The minimum absolute atomic E-state index is 0.118. The Kier molecular flexibility index (Phi) is 6.14. The van der Waals surface area contributed by atoms with Crippen molar-refractivity contribution in [2.45, 2.75) is 50.7 Å². The Bertz CT molecular complexity index is 1170. The Balaban J connectivity index is 1.17. The molecule has 2 unspecified atom stereocenters. The number of aliphatic hydroxyl groups is 1. The lowest BCUT2D eigenvalue weighted by Crippen LogP contribution is -2.30. The van der Waals surface area contributed by atoms with Crippen LogP contribution in [0.15, 0.2) is 77.6 Å². The highest BCUT2D eigenvalue weighted by atomic mass is 16.3. The van der Waals surface area contributed by atoms with Crippen LogP contribution in [0.2, 0.25) is 0 Å². The summed E-state index contributed by atoms with van der Waals surface area (Å²) >= 11 is 0. The number of nitrogens with one attached hydrogen (secondary N) is 1. The summed E-state index contributed by atoms with van der Waals surface area (Å²) in [6.07, 6.45) is 5.21. The normalized spacial score (nSPS) is 22.6. The molecule has 1 aliphatic heterocycles. The minimum atomic E-state index is -0.445. The first kappa shape index (κ1) is 21.7. The minimum Gasteiger partial charge on any atom is -0.388 e. The Morgan fingerprint density at radius 3 is 2.55 bits per heavy atom. The molecule has 2 aliphatic rings. The van der Waals surface area contributed by atoms with Crippen LogP contribution in [0.3, 0.4) is 0 Å². The van der Waals surface area contributed by atoms with Crippen LogP contribution >= 0.6 is 0 Å². The van der Waals surface area contributed by atoms with Gasteiger partial charge >= 0.3 is 0 Å². The average Bonchev–Trinajstić information content (AvgIpc) is 3.49. The lowest BCUT2D eigenvalue weighted by molar-refractivity contribution is -0.119. The quantitative estimate of drug-likeness (QED) is 0.583. The molecule has 33 heavy (non-hydrogen) atoms. The van der Waals surface area contributed by atoms with Gasteiger partial charge in [0.25, 0.3) is 5.56 Å². The SMILES string of the molecule is O=C(Nc1ccc(CC2CC[C@H]([C@H](O)c3ccccc3)C2)cc1)C1CCc2cccc(=O)n21. The number of hydrogen-bond donors (Lipinski definition) is 2. The first-order valence-corrected chi connectivity index (χ1v) is 11.9. The van der Waals surface area contributed by atoms with Crippen LogP contribution in [-0.4, -0.2) is 15.6 Å². The number of aromatic nitrogens is 1. The summed E-state index contributed by atoms with van der Waals surface area (Å²) in [5.74, 6) is 0.743. The molecule has 5 rings (SSSR count). The van der Waals surface area contributed by atoms with Gasteiger partial charge in [0, 0.05) is 17.4 Å². The van der Waals surface area contributed by atoms with Crippen LogP contribution in [0.5, 0.6) is 0 Å². The van der Waals surface area contributed by atoms with Crippen molar-refractivity contribution in [1.29, 1.82) is 0 Å². The van der Waals surface area contributed by atoms with Crippen molar-refractivity contribution >= 4 is 11.6 Å². The van der Waals surface area contributed by atoms with Crippen molar-refractivity contribution < 1.29 is 9.90 Å². The fourth-order valence-corrected chi connectivity index (χ4v) is 5.55. The number of nitrogens with zero attached hydrogens (tertiary/aromatic N) is 1. The van der Waals surface area contributed by atoms with Crippen molar-refractivity contribution in [3.63, 3.8) is 0 Å². The van der Waals surface area contributed by atoms with Crippen molar-refractivity contribution in [2.24, 2.45) is 11.8 Å². The Hall–Kier alpha value is -3.18. The Labute approximate surface area is 194 Å². The molecule has 2 aromatic carbocycles. The second kappa shape index (κ2) is 9.36. The first-order valence-electron chi connectivity index (χ1n) is 11.9. The van der Waals surface area contributed by atoms with Gasteiger partial charge in [-0.2, -0.15) is 0 Å². The molecule has 170 valence electrons. The molecular formula is C28H30N2O3. The molecule has 1 saturated carbocycles. The number of pyridine rings is 1. The van der Waals surface area contributed by atoms with Crippen LogP contribution in [0.1, 0.15) is 54.6 Å². The predicted molar refractivity (Wildman–Crippen MR) is 129 cm³/mol. The maximum absolute atomic E-state index is 12.8. The third-order valence-corrected chi connectivity index (χ3v) is 7.28. The summed E-state index contributed by atoms with van der Waals surface area (Å²) in [4.78, 5) is 25.0. The van der Waals surface area contributed by atoms with Gasteiger partial charge in [-0.05, 0) is 79.7 Å². The third-order valence-electron chi connectivity index (χ3n) is 7.28. The summed E-state index contributed by atoms with van der Waals surface area (Å²) in [6.45, 7) is 0. The van der Waals surface area contributed by atoms with Crippen LogP contribution in [-0.2, 0) is 17.6 Å². The van der Waals surface area contributed by atoms with E-state index in [0.717, 1.165) is 49.0 Å². The number of benzene rings is 2. The standard InChI is InChI=1S/C28H30N2O3/c31-26-8-4-7-24-15-16-25(30(24)26)28(33)29-23-13-10-19(11-14-23)17-20-9-12-22(18-20)27(32)21-5-2-1-3-6-21/h1-8,10-11,13-14,20,22,25,27,32H,9,12,15-18H2,(H,29,33)/t20?,22-,25?,27+/m0/s1. The number of anilines is 1. The van der Waals surface area contributed by atoms with E-state index in [1.165, 1.54) is 11.6 Å². The second-order valence-corrected chi connectivity index (χ2v) is 9.46. The zero-order valence-electron chi connectivity index (χ0n) is 18.7. The average molecular weight is 443 g/mol. The Morgan fingerprint density at radius 1 is 0.970 bits per heavy atom. The zero-order valence-corrected chi connectivity index (χ0v) is 18.7. The van der Waals surface area contributed by atoms with E-state index in [0.29, 0.717) is 18.3 Å². The van der Waals surface area contributed by atoms with E-state index in [1.54, 1.807) is 10.6 Å². The number of hydrogen-bond acceptors (Lipinski definition) is 3. The fraction of sp³-hybridized carbons (Fsp3) is 0.357. The van der Waals surface area contributed by atoms with Gasteiger partial charge in [0.05, 0.1) is 6.10 Å². The topological polar surface area (TPSA) is 71.3 Å². The van der Waals surface area contributed by atoms with Crippen molar-refractivity contribution in [3.8, 4) is 0 Å². The highest BCUT2D eigenvalue weighted by Gasteiger charge is 2.31. The fourth-order valence-electron chi connectivity index (χ4n) is 5.55. The zero-order chi connectivity index (χ0) is 22.8. The number of aryl methyl sites for hydroxylation is 1. The van der Waals surface area contributed by atoms with Gasteiger partial charge in [0.2, 0.25) is 5.91 Å². The lowest BCUT2D eigenvalue weighted by atomic mass is 9.91. The molecule has 1 amide bonds. The van der Waals surface area contributed by atoms with Gasteiger partial charge in [0.15, 0.2) is 0 Å². The maximum atomic E-state index is 12.8. The Morgan fingerprint density at radius 2 is 1.76 bits per heavy atom. The van der Waals surface area contributed by atoms with E-state index in [4.69, 9.17) is 0 Å². The molecule has 4 atom stereocenters. The largest absolute Gasteiger partial charge is 0.388 e. The van der Waals surface area contributed by atoms with E-state index in [2.05, 4.69) is 17.4 Å². The van der Waals surface area contributed by atoms with E-state index in [1.807, 2.05) is 48.5 Å². The molecule has 1 fully saturated rings. The summed E-state index contributed by atoms with van der Waals surface area (Å²) < 4.78 is 1.62. The molecule has 0 saturated heterocycles. The molecule has 0 spiro atoms. The third kappa shape index (κ3) is 4.64. The molecule has 2 heterocycles. The first-order chi connectivity index (χ1) is 16.1. The maximum Gasteiger partial charge on any atom is 0.251 e.